The molecule has 156 valence electrons. The summed E-state index contributed by atoms with van der Waals surface area (Å²) in [4.78, 5) is 15.2. The van der Waals surface area contributed by atoms with E-state index in [1.807, 2.05) is 18.2 Å². The van der Waals surface area contributed by atoms with Crippen molar-refractivity contribution in [3.63, 3.8) is 0 Å². The lowest BCUT2D eigenvalue weighted by Gasteiger charge is -2.39. The zero-order valence-electron chi connectivity index (χ0n) is 17.8. The van der Waals surface area contributed by atoms with Gasteiger partial charge in [0.25, 0.3) is 0 Å². The third-order valence-electron chi connectivity index (χ3n) is 6.17. The normalized spacial score (nSPS) is 18.3. The van der Waals surface area contributed by atoms with E-state index in [1.54, 1.807) is 0 Å². The third kappa shape index (κ3) is 6.43. The van der Waals surface area contributed by atoms with Crippen molar-refractivity contribution in [2.75, 3.05) is 20.2 Å². The molecule has 1 heterocycles. The SMILES string of the molecule is COC(=O)[C@H](c1ccccc1)[C@H]1CCCCN1CCCCCCc1ccccc1. The van der Waals surface area contributed by atoms with Gasteiger partial charge in [-0.25, -0.2) is 0 Å². The van der Waals surface area contributed by atoms with Crippen LogP contribution in [-0.2, 0) is 16.0 Å². The molecule has 1 aliphatic rings. The zero-order valence-corrected chi connectivity index (χ0v) is 17.8. The molecule has 3 heteroatoms. The lowest BCUT2D eigenvalue weighted by molar-refractivity contribution is -0.144. The van der Waals surface area contributed by atoms with Gasteiger partial charge in [0, 0.05) is 6.04 Å². The Labute approximate surface area is 176 Å². The van der Waals surface area contributed by atoms with Crippen molar-refractivity contribution in [3.05, 3.63) is 71.8 Å². The Morgan fingerprint density at radius 2 is 1.66 bits per heavy atom. The fourth-order valence-electron chi connectivity index (χ4n) is 4.62. The molecular weight excluding hydrogens is 358 g/mol. The summed E-state index contributed by atoms with van der Waals surface area (Å²) >= 11 is 0. The summed E-state index contributed by atoms with van der Waals surface area (Å²) in [7, 11) is 1.51. The van der Waals surface area contributed by atoms with Crippen LogP contribution in [0.2, 0.25) is 0 Å². The minimum Gasteiger partial charge on any atom is -0.469 e. The predicted octanol–water partition coefficient (Wildman–Crippen LogP) is 5.60. The number of piperidine rings is 1. The van der Waals surface area contributed by atoms with Crippen LogP contribution in [0.5, 0.6) is 0 Å². The molecule has 0 unspecified atom stereocenters. The van der Waals surface area contributed by atoms with Crippen molar-refractivity contribution in [3.8, 4) is 0 Å². The molecule has 0 radical (unpaired) electrons. The number of carbonyl (C=O) groups excluding carboxylic acids is 1. The average molecular weight is 394 g/mol. The van der Waals surface area contributed by atoms with Crippen molar-refractivity contribution in [2.45, 2.75) is 63.3 Å². The van der Waals surface area contributed by atoms with Crippen molar-refractivity contribution in [1.82, 2.24) is 4.90 Å². The lowest BCUT2D eigenvalue weighted by atomic mass is 9.85. The van der Waals surface area contributed by atoms with Gasteiger partial charge in [-0.1, -0.05) is 79.9 Å². The highest BCUT2D eigenvalue weighted by molar-refractivity contribution is 5.79. The molecule has 2 aromatic carbocycles. The number of likely N-dealkylation sites (tertiary alicyclic amines) is 1. The Kier molecular flexibility index (Phi) is 8.76. The smallest absolute Gasteiger partial charge is 0.314 e. The lowest BCUT2D eigenvalue weighted by Crippen LogP contribution is -2.46. The Hall–Kier alpha value is -2.13. The summed E-state index contributed by atoms with van der Waals surface area (Å²) in [5, 5.41) is 0. The molecule has 0 saturated carbocycles. The fourth-order valence-corrected chi connectivity index (χ4v) is 4.62. The van der Waals surface area contributed by atoms with E-state index in [0.29, 0.717) is 0 Å². The molecule has 0 aromatic heterocycles. The van der Waals surface area contributed by atoms with Gasteiger partial charge in [0.15, 0.2) is 0 Å². The molecule has 0 N–H and O–H groups in total. The summed E-state index contributed by atoms with van der Waals surface area (Å²) in [6.07, 6.45) is 9.65. The number of methoxy groups -OCH3 is 1. The second-order valence-electron chi connectivity index (χ2n) is 8.16. The molecule has 0 aliphatic carbocycles. The predicted molar refractivity (Wildman–Crippen MR) is 119 cm³/mol. The first-order valence-corrected chi connectivity index (χ1v) is 11.2. The van der Waals surface area contributed by atoms with Gasteiger partial charge >= 0.3 is 5.97 Å². The second-order valence-corrected chi connectivity index (χ2v) is 8.16. The largest absolute Gasteiger partial charge is 0.469 e. The highest BCUT2D eigenvalue weighted by atomic mass is 16.5. The van der Waals surface area contributed by atoms with Gasteiger partial charge in [-0.15, -0.1) is 0 Å². The fraction of sp³-hybridized carbons (Fsp3) is 0.500. The van der Waals surface area contributed by atoms with E-state index in [1.165, 1.54) is 57.6 Å². The van der Waals surface area contributed by atoms with Crippen LogP contribution in [0.3, 0.4) is 0 Å². The Morgan fingerprint density at radius 1 is 0.966 bits per heavy atom. The van der Waals surface area contributed by atoms with Crippen molar-refractivity contribution in [2.24, 2.45) is 0 Å². The molecule has 1 fully saturated rings. The number of hydrogen-bond acceptors (Lipinski definition) is 3. The number of hydrogen-bond donors (Lipinski definition) is 0. The number of carbonyl (C=O) groups is 1. The van der Waals surface area contributed by atoms with Crippen LogP contribution in [0.4, 0.5) is 0 Å². The van der Waals surface area contributed by atoms with E-state index in [9.17, 15) is 4.79 Å². The van der Waals surface area contributed by atoms with E-state index < -0.39 is 0 Å². The summed E-state index contributed by atoms with van der Waals surface area (Å²) in [6.45, 7) is 2.17. The quantitative estimate of drug-likeness (QED) is 0.389. The minimum atomic E-state index is -0.181. The standard InChI is InChI=1S/C26H35NO2/c1-29-26(28)25(23-17-9-5-10-18-23)24-19-11-13-21-27(24)20-12-3-2-6-14-22-15-7-4-8-16-22/h4-5,7-10,15-18,24-25H,2-3,6,11-14,19-21H2,1H3/t24-,25-/m1/s1. The second kappa shape index (κ2) is 11.8. The van der Waals surface area contributed by atoms with E-state index in [4.69, 9.17) is 4.74 Å². The average Bonchev–Trinajstić information content (AvgIpc) is 2.78. The molecule has 0 bridgehead atoms. The van der Waals surface area contributed by atoms with Crippen LogP contribution in [0.1, 0.15) is 62.0 Å². The first-order valence-electron chi connectivity index (χ1n) is 11.2. The van der Waals surface area contributed by atoms with Crippen molar-refractivity contribution >= 4 is 5.97 Å². The number of esters is 1. The summed E-state index contributed by atoms with van der Waals surface area (Å²) in [5.41, 5.74) is 2.52. The molecule has 29 heavy (non-hydrogen) atoms. The Balaban J connectivity index is 1.51. The van der Waals surface area contributed by atoms with E-state index in [2.05, 4.69) is 47.4 Å². The summed E-state index contributed by atoms with van der Waals surface area (Å²) in [5.74, 6) is -0.282. The first kappa shape index (κ1) is 21.6. The summed E-state index contributed by atoms with van der Waals surface area (Å²) in [6, 6.07) is 21.2. The van der Waals surface area contributed by atoms with Crippen LogP contribution < -0.4 is 0 Å². The highest BCUT2D eigenvalue weighted by Crippen LogP contribution is 2.32. The van der Waals surface area contributed by atoms with Gasteiger partial charge in [0.2, 0.25) is 0 Å². The van der Waals surface area contributed by atoms with Crippen LogP contribution in [-0.4, -0.2) is 37.1 Å². The first-order chi connectivity index (χ1) is 14.3. The van der Waals surface area contributed by atoms with E-state index in [-0.39, 0.29) is 17.9 Å². The maximum Gasteiger partial charge on any atom is 0.314 e. The Bertz CT molecular complexity index is 716. The molecule has 3 nitrogen and oxygen atoms in total. The van der Waals surface area contributed by atoms with Gasteiger partial charge in [0.1, 0.15) is 0 Å². The van der Waals surface area contributed by atoms with Crippen LogP contribution in [0, 0.1) is 0 Å². The number of aryl methyl sites for hydroxylation is 1. The molecule has 2 atom stereocenters. The van der Waals surface area contributed by atoms with Gasteiger partial charge in [-0.05, 0) is 56.3 Å². The maximum absolute atomic E-state index is 12.7. The van der Waals surface area contributed by atoms with Crippen molar-refractivity contribution < 1.29 is 9.53 Å². The van der Waals surface area contributed by atoms with Gasteiger partial charge in [-0.3, -0.25) is 9.69 Å². The molecule has 1 aliphatic heterocycles. The number of benzene rings is 2. The van der Waals surface area contributed by atoms with Crippen LogP contribution in [0.25, 0.3) is 0 Å². The van der Waals surface area contributed by atoms with E-state index in [0.717, 1.165) is 25.1 Å². The molecule has 1 saturated heterocycles. The monoisotopic (exact) mass is 393 g/mol. The number of rotatable bonds is 10. The minimum absolute atomic E-state index is 0.101. The molecule has 0 amide bonds. The number of nitrogens with zero attached hydrogens (tertiary/aromatic N) is 1. The summed E-state index contributed by atoms with van der Waals surface area (Å²) < 4.78 is 5.20. The highest BCUT2D eigenvalue weighted by Gasteiger charge is 2.35. The van der Waals surface area contributed by atoms with Crippen LogP contribution >= 0.6 is 0 Å². The number of unbranched alkanes of at least 4 members (excludes halogenated alkanes) is 3. The van der Waals surface area contributed by atoms with Crippen LogP contribution in [0.15, 0.2) is 60.7 Å². The zero-order chi connectivity index (χ0) is 20.3. The van der Waals surface area contributed by atoms with Gasteiger partial charge in [0.05, 0.1) is 13.0 Å². The number of ether oxygens (including phenoxy) is 1. The Morgan fingerprint density at radius 3 is 2.38 bits per heavy atom. The van der Waals surface area contributed by atoms with Gasteiger partial charge in [-0.2, -0.15) is 0 Å². The molecule has 0 spiro atoms. The molecule has 3 rings (SSSR count). The third-order valence-corrected chi connectivity index (χ3v) is 6.17. The topological polar surface area (TPSA) is 29.5 Å². The van der Waals surface area contributed by atoms with E-state index >= 15 is 0 Å². The van der Waals surface area contributed by atoms with Gasteiger partial charge < -0.3 is 4.74 Å². The van der Waals surface area contributed by atoms with Crippen molar-refractivity contribution in [1.29, 1.82) is 0 Å². The molecule has 2 aromatic rings. The maximum atomic E-state index is 12.7. The molecular formula is C26H35NO2.